The monoisotopic (exact) mass is 608 g/mol. The Bertz CT molecular complexity index is 1470. The molecule has 15 heteroatoms. The van der Waals surface area contributed by atoms with E-state index in [0.29, 0.717) is 6.07 Å². The molecule has 0 radical (unpaired) electrons. The minimum absolute atomic E-state index is 0.0495. The van der Waals surface area contributed by atoms with Crippen molar-refractivity contribution in [2.75, 3.05) is 13.1 Å². The Balaban J connectivity index is 1.34. The van der Waals surface area contributed by atoms with Crippen LogP contribution in [0, 0.1) is 0 Å². The van der Waals surface area contributed by atoms with Gasteiger partial charge in [-0.05, 0) is 29.3 Å². The van der Waals surface area contributed by atoms with Crippen LogP contribution in [0.2, 0.25) is 10.0 Å². The normalized spacial score (nSPS) is 20.6. The van der Waals surface area contributed by atoms with Crippen molar-refractivity contribution in [3.63, 3.8) is 0 Å². The number of aromatic nitrogens is 2. The zero-order valence-corrected chi connectivity index (χ0v) is 21.5. The zero-order valence-electron chi connectivity index (χ0n) is 20.0. The average molecular weight is 609 g/mol. The molecule has 3 aromatic rings. The fraction of sp³-hybridized carbons (Fsp3) is 0.320. The van der Waals surface area contributed by atoms with Crippen molar-refractivity contribution in [1.29, 1.82) is 0 Å². The maximum atomic E-state index is 15.4. The lowest BCUT2D eigenvalue weighted by Crippen LogP contribution is -2.59. The summed E-state index contributed by atoms with van der Waals surface area (Å²) in [7, 11) is 0. The fourth-order valence-corrected chi connectivity index (χ4v) is 5.03. The molecule has 0 saturated carbocycles. The molecule has 1 aromatic heterocycles. The summed E-state index contributed by atoms with van der Waals surface area (Å²) in [5.41, 5.74) is -7.49. The number of nitrogens with zero attached hydrogens (tertiary/aromatic N) is 4. The highest BCUT2D eigenvalue weighted by Crippen LogP contribution is 2.51. The molecule has 2 aliphatic rings. The number of halogens is 9. The number of alkyl halides is 7. The minimum atomic E-state index is -5.20. The number of hydrogen-bond donors (Lipinski definition) is 0. The van der Waals surface area contributed by atoms with Crippen molar-refractivity contribution >= 4 is 34.8 Å². The highest BCUT2D eigenvalue weighted by Gasteiger charge is 2.63. The van der Waals surface area contributed by atoms with E-state index in [4.69, 9.17) is 28.0 Å². The standard InChI is InChI=1S/C25H17Cl2F7N4O2/c26-18-9-16(8-17(21(18)27)24(29,30)31)23(25(32,33)34)10-19(36-40-23)14-2-4-15(5-3-14)22(28)12-37(13-22)20(39)11-38-7-1-6-35-38/h1-9H,10-13H2. The molecule has 1 saturated heterocycles. The van der Waals surface area contributed by atoms with Gasteiger partial charge in [-0.2, -0.15) is 31.4 Å². The quantitative estimate of drug-likeness (QED) is 0.311. The number of rotatable bonds is 5. The molecular weight excluding hydrogens is 592 g/mol. The minimum Gasteiger partial charge on any atom is -0.374 e. The van der Waals surface area contributed by atoms with Crippen molar-refractivity contribution in [3.8, 4) is 0 Å². The summed E-state index contributed by atoms with van der Waals surface area (Å²) in [5.74, 6) is -0.328. The third kappa shape index (κ3) is 4.89. The Labute approximate surface area is 231 Å². The molecule has 3 heterocycles. The summed E-state index contributed by atoms with van der Waals surface area (Å²) in [6.45, 7) is -0.481. The lowest BCUT2D eigenvalue weighted by Gasteiger charge is -2.44. The first-order valence-corrected chi connectivity index (χ1v) is 12.3. The number of hydrogen-bond acceptors (Lipinski definition) is 4. The van der Waals surface area contributed by atoms with Crippen molar-refractivity contribution in [2.45, 2.75) is 36.6 Å². The van der Waals surface area contributed by atoms with E-state index in [2.05, 4.69) is 10.3 Å². The average Bonchev–Trinajstić information content (AvgIpc) is 3.54. The molecule has 5 rings (SSSR count). The maximum Gasteiger partial charge on any atom is 0.435 e. The summed E-state index contributed by atoms with van der Waals surface area (Å²) < 4.78 is 100. The first-order chi connectivity index (χ1) is 18.6. The fourth-order valence-electron chi connectivity index (χ4n) is 4.60. The van der Waals surface area contributed by atoms with Gasteiger partial charge in [-0.15, -0.1) is 0 Å². The number of amides is 1. The smallest absolute Gasteiger partial charge is 0.374 e. The SMILES string of the molecule is O=C(Cn1cccn1)N1CC(F)(c2ccc(C3=NOC(c4cc(Cl)c(Cl)c(C(F)(F)F)c4)(C(F)(F)F)C3)cc2)C1. The molecule has 0 aliphatic carbocycles. The molecule has 40 heavy (non-hydrogen) atoms. The van der Waals surface area contributed by atoms with Crippen LogP contribution in [0.25, 0.3) is 0 Å². The zero-order chi connectivity index (χ0) is 29.1. The van der Waals surface area contributed by atoms with E-state index >= 15 is 4.39 Å². The van der Waals surface area contributed by atoms with E-state index in [0.717, 1.165) is 0 Å². The Morgan fingerprint density at radius 3 is 2.27 bits per heavy atom. The number of carbonyl (C=O) groups excluding carboxylic acids is 1. The maximum absolute atomic E-state index is 15.4. The molecule has 1 unspecified atom stereocenters. The van der Waals surface area contributed by atoms with Crippen LogP contribution in [0.3, 0.4) is 0 Å². The predicted octanol–water partition coefficient (Wildman–Crippen LogP) is 6.50. The molecule has 212 valence electrons. The van der Waals surface area contributed by atoms with Crippen LogP contribution in [0.15, 0.2) is 60.0 Å². The summed E-state index contributed by atoms with van der Waals surface area (Å²) in [5, 5.41) is 5.78. The first-order valence-electron chi connectivity index (χ1n) is 11.6. The second-order valence-electron chi connectivity index (χ2n) is 9.44. The van der Waals surface area contributed by atoms with Crippen LogP contribution in [0.5, 0.6) is 0 Å². The first kappa shape index (κ1) is 28.2. The largest absolute Gasteiger partial charge is 0.435 e. The van der Waals surface area contributed by atoms with Gasteiger partial charge in [-0.25, -0.2) is 4.39 Å². The lowest BCUT2D eigenvalue weighted by atomic mass is 9.84. The van der Waals surface area contributed by atoms with Crippen LogP contribution in [-0.2, 0) is 33.6 Å². The molecule has 0 N–H and O–H groups in total. The number of carbonyl (C=O) groups is 1. The van der Waals surface area contributed by atoms with Crippen molar-refractivity contribution in [2.24, 2.45) is 5.16 Å². The molecule has 0 bridgehead atoms. The van der Waals surface area contributed by atoms with Crippen LogP contribution in [0.4, 0.5) is 30.7 Å². The second-order valence-corrected chi connectivity index (χ2v) is 10.2. The summed E-state index contributed by atoms with van der Waals surface area (Å²) in [4.78, 5) is 18.4. The molecule has 2 aromatic carbocycles. The van der Waals surface area contributed by atoms with Crippen molar-refractivity contribution < 1.29 is 40.4 Å². The molecule has 0 spiro atoms. The Kier molecular flexibility index (Phi) is 6.81. The van der Waals surface area contributed by atoms with Crippen LogP contribution < -0.4 is 0 Å². The molecule has 1 amide bonds. The van der Waals surface area contributed by atoms with Gasteiger partial charge in [-0.3, -0.25) is 9.48 Å². The van der Waals surface area contributed by atoms with E-state index in [-0.39, 0.29) is 48.4 Å². The van der Waals surface area contributed by atoms with Crippen LogP contribution >= 0.6 is 23.2 Å². The summed E-state index contributed by atoms with van der Waals surface area (Å²) >= 11 is 11.4. The van der Waals surface area contributed by atoms with Gasteiger partial charge in [0, 0.05) is 24.4 Å². The number of likely N-dealkylation sites (tertiary alicyclic amines) is 1. The van der Waals surface area contributed by atoms with Crippen LogP contribution in [0.1, 0.15) is 28.7 Å². The molecule has 2 aliphatic heterocycles. The molecular formula is C25H17Cl2F7N4O2. The van der Waals surface area contributed by atoms with Gasteiger partial charge in [0.05, 0.1) is 34.4 Å². The number of benzene rings is 2. The van der Waals surface area contributed by atoms with Gasteiger partial charge in [0.15, 0.2) is 5.67 Å². The highest BCUT2D eigenvalue weighted by atomic mass is 35.5. The van der Waals surface area contributed by atoms with E-state index in [1.54, 1.807) is 12.3 Å². The third-order valence-corrected chi connectivity index (χ3v) is 7.62. The van der Waals surface area contributed by atoms with Crippen molar-refractivity contribution in [1.82, 2.24) is 14.7 Å². The van der Waals surface area contributed by atoms with Gasteiger partial charge >= 0.3 is 12.4 Å². The van der Waals surface area contributed by atoms with Gasteiger partial charge in [0.2, 0.25) is 5.91 Å². The summed E-state index contributed by atoms with van der Waals surface area (Å²) in [6.07, 6.45) is -8.14. The second kappa shape index (κ2) is 9.65. The van der Waals surface area contributed by atoms with Gasteiger partial charge in [0.1, 0.15) is 6.54 Å². The van der Waals surface area contributed by atoms with Crippen molar-refractivity contribution in [3.05, 3.63) is 87.2 Å². The van der Waals surface area contributed by atoms with E-state index in [1.165, 1.54) is 40.0 Å². The Morgan fingerprint density at radius 1 is 1.02 bits per heavy atom. The third-order valence-electron chi connectivity index (χ3n) is 6.81. The topological polar surface area (TPSA) is 59.7 Å². The molecule has 6 nitrogen and oxygen atoms in total. The molecule has 1 fully saturated rings. The van der Waals surface area contributed by atoms with Gasteiger partial charge in [-0.1, -0.05) is 52.6 Å². The van der Waals surface area contributed by atoms with Crippen LogP contribution in [-0.4, -0.2) is 45.6 Å². The molecule has 1 atom stereocenters. The van der Waals surface area contributed by atoms with E-state index in [1.807, 2.05) is 0 Å². The Morgan fingerprint density at radius 2 is 1.70 bits per heavy atom. The lowest BCUT2D eigenvalue weighted by molar-refractivity contribution is -0.276. The number of oxime groups is 1. The van der Waals surface area contributed by atoms with E-state index < -0.39 is 51.2 Å². The Hall–Kier alpha value is -3.32. The van der Waals surface area contributed by atoms with E-state index in [9.17, 15) is 31.1 Å². The highest BCUT2D eigenvalue weighted by molar-refractivity contribution is 6.42. The summed E-state index contributed by atoms with van der Waals surface area (Å²) in [6, 6.07) is 7.91. The predicted molar refractivity (Wildman–Crippen MR) is 129 cm³/mol. The van der Waals surface area contributed by atoms with Gasteiger partial charge in [0.25, 0.3) is 5.60 Å². The van der Waals surface area contributed by atoms with Gasteiger partial charge < -0.3 is 9.74 Å².